The number of aromatic nitrogens is 2. The summed E-state index contributed by atoms with van der Waals surface area (Å²) in [6, 6.07) is 0. The first-order chi connectivity index (χ1) is 8.38. The van der Waals surface area contributed by atoms with Gasteiger partial charge in [0.2, 0.25) is 0 Å². The van der Waals surface area contributed by atoms with Crippen LogP contribution in [0.15, 0.2) is 0 Å². The van der Waals surface area contributed by atoms with Crippen LogP contribution in [0.25, 0.3) is 0 Å². The molecule has 3 nitrogen and oxygen atoms in total. The number of hydrogen-bond acceptors (Lipinski definition) is 3. The minimum Gasteiger partial charge on any atom is -0.312 e. The summed E-state index contributed by atoms with van der Waals surface area (Å²) in [7, 11) is 0. The Balaban J connectivity index is 1.93. The highest BCUT2D eigenvalue weighted by Gasteiger charge is 2.30. The van der Waals surface area contributed by atoms with Crippen molar-refractivity contribution in [2.75, 3.05) is 6.54 Å². The quantitative estimate of drug-likeness (QED) is 0.864. The summed E-state index contributed by atoms with van der Waals surface area (Å²) < 4.78 is 0. The monoisotopic (exact) mass is 231 g/mol. The molecule has 1 aliphatic heterocycles. The molecule has 1 aliphatic carbocycles. The van der Waals surface area contributed by atoms with Crippen molar-refractivity contribution in [3.05, 3.63) is 22.8 Å². The first kappa shape index (κ1) is 11.1. The van der Waals surface area contributed by atoms with E-state index in [-0.39, 0.29) is 0 Å². The fraction of sp³-hybridized carbons (Fsp3) is 0.714. The average molecular weight is 231 g/mol. The van der Waals surface area contributed by atoms with Gasteiger partial charge in [-0.15, -0.1) is 0 Å². The van der Waals surface area contributed by atoms with E-state index in [1.54, 1.807) is 0 Å². The first-order valence-electron chi connectivity index (χ1n) is 6.97. The minimum absolute atomic E-state index is 0.743. The summed E-state index contributed by atoms with van der Waals surface area (Å²) in [6.45, 7) is 4.28. The minimum atomic E-state index is 0.743. The van der Waals surface area contributed by atoms with Crippen molar-refractivity contribution in [3.8, 4) is 0 Å². The molecule has 17 heavy (non-hydrogen) atoms. The van der Waals surface area contributed by atoms with E-state index in [1.807, 2.05) is 0 Å². The Morgan fingerprint density at radius 3 is 2.94 bits per heavy atom. The molecule has 92 valence electrons. The number of rotatable bonds is 4. The molecule has 1 aromatic heterocycles. The second kappa shape index (κ2) is 4.73. The topological polar surface area (TPSA) is 37.8 Å². The van der Waals surface area contributed by atoms with Gasteiger partial charge in [-0.05, 0) is 19.3 Å². The summed E-state index contributed by atoms with van der Waals surface area (Å²) >= 11 is 0. The zero-order valence-electron chi connectivity index (χ0n) is 10.6. The lowest BCUT2D eigenvalue weighted by atomic mass is 10.0. The summed E-state index contributed by atoms with van der Waals surface area (Å²) in [4.78, 5) is 9.60. The molecule has 1 saturated carbocycles. The molecule has 3 rings (SSSR count). The normalized spacial score (nSPS) is 19.1. The Morgan fingerprint density at radius 1 is 1.29 bits per heavy atom. The first-order valence-corrected chi connectivity index (χ1v) is 6.97. The molecule has 0 aromatic carbocycles. The predicted molar refractivity (Wildman–Crippen MR) is 68.0 cm³/mol. The highest BCUT2D eigenvalue weighted by Crippen LogP contribution is 2.41. The number of aryl methyl sites for hydroxylation is 1. The van der Waals surface area contributed by atoms with E-state index in [9.17, 15) is 0 Å². The van der Waals surface area contributed by atoms with Crippen LogP contribution in [0.1, 0.15) is 61.3 Å². The molecule has 2 heterocycles. The van der Waals surface area contributed by atoms with Gasteiger partial charge in [0.05, 0.1) is 11.4 Å². The predicted octanol–water partition coefficient (Wildman–Crippen LogP) is 2.34. The van der Waals surface area contributed by atoms with E-state index in [0.717, 1.165) is 37.7 Å². The van der Waals surface area contributed by atoms with Crippen LogP contribution >= 0.6 is 0 Å². The highest BCUT2D eigenvalue weighted by atomic mass is 15.0. The maximum absolute atomic E-state index is 4.83. The Hall–Kier alpha value is -0.960. The lowest BCUT2D eigenvalue weighted by molar-refractivity contribution is 0.605. The maximum atomic E-state index is 4.83. The molecule has 0 amide bonds. The molecule has 0 atom stereocenters. The summed E-state index contributed by atoms with van der Waals surface area (Å²) in [5.74, 6) is 1.83. The number of fused-ring (bicyclic) bond motifs is 1. The third-order valence-electron chi connectivity index (χ3n) is 3.73. The van der Waals surface area contributed by atoms with Crippen LogP contribution in [0.4, 0.5) is 0 Å². The van der Waals surface area contributed by atoms with Gasteiger partial charge in [-0.2, -0.15) is 0 Å². The van der Waals surface area contributed by atoms with Crippen molar-refractivity contribution in [1.29, 1.82) is 0 Å². The summed E-state index contributed by atoms with van der Waals surface area (Å²) in [6.07, 6.45) is 7.23. The van der Waals surface area contributed by atoms with Crippen molar-refractivity contribution in [1.82, 2.24) is 15.3 Å². The van der Waals surface area contributed by atoms with Gasteiger partial charge in [0.15, 0.2) is 0 Å². The lowest BCUT2D eigenvalue weighted by Gasteiger charge is -2.20. The SMILES string of the molecule is CCCCc1nc2c(c(C3CC3)n1)CNCC2. The van der Waals surface area contributed by atoms with Gasteiger partial charge in [-0.1, -0.05) is 13.3 Å². The molecule has 1 fully saturated rings. The summed E-state index contributed by atoms with van der Waals surface area (Å²) in [5.41, 5.74) is 4.11. The molecule has 0 unspecified atom stereocenters. The molecule has 2 aliphatic rings. The molecule has 0 spiro atoms. The van der Waals surface area contributed by atoms with Gasteiger partial charge in [-0.3, -0.25) is 0 Å². The van der Waals surface area contributed by atoms with E-state index in [2.05, 4.69) is 12.2 Å². The van der Waals surface area contributed by atoms with Crippen LogP contribution in [0.5, 0.6) is 0 Å². The number of hydrogen-bond donors (Lipinski definition) is 1. The van der Waals surface area contributed by atoms with Gasteiger partial charge >= 0.3 is 0 Å². The highest BCUT2D eigenvalue weighted by molar-refractivity contribution is 5.33. The molecule has 1 N–H and O–H groups in total. The average Bonchev–Trinajstić information content (AvgIpc) is 3.19. The number of nitrogens with zero attached hydrogens (tertiary/aromatic N) is 2. The number of unbranched alkanes of at least 4 members (excludes halogenated alkanes) is 1. The Bertz CT molecular complexity index is 410. The molecule has 1 aromatic rings. The molecule has 0 bridgehead atoms. The Labute approximate surface area is 103 Å². The van der Waals surface area contributed by atoms with Gasteiger partial charge in [-0.25, -0.2) is 9.97 Å². The molecule has 0 radical (unpaired) electrons. The second-order valence-corrected chi connectivity index (χ2v) is 5.25. The van der Waals surface area contributed by atoms with E-state index in [1.165, 1.54) is 42.6 Å². The maximum Gasteiger partial charge on any atom is 0.128 e. The van der Waals surface area contributed by atoms with Crippen LogP contribution in [-0.2, 0) is 19.4 Å². The molecule has 0 saturated heterocycles. The Morgan fingerprint density at radius 2 is 2.18 bits per heavy atom. The standard InChI is InChI=1S/C14H21N3/c1-2-3-4-13-16-12-7-8-15-9-11(12)14(17-13)10-5-6-10/h10,15H,2-9H2,1H3. The van der Waals surface area contributed by atoms with Crippen molar-refractivity contribution in [2.45, 2.75) is 57.9 Å². The van der Waals surface area contributed by atoms with Gasteiger partial charge < -0.3 is 5.32 Å². The van der Waals surface area contributed by atoms with E-state index >= 15 is 0 Å². The Kier molecular flexibility index (Phi) is 3.10. The van der Waals surface area contributed by atoms with Gasteiger partial charge in [0.25, 0.3) is 0 Å². The lowest BCUT2D eigenvalue weighted by Crippen LogP contribution is -2.27. The van der Waals surface area contributed by atoms with Crippen LogP contribution < -0.4 is 5.32 Å². The van der Waals surface area contributed by atoms with Crippen LogP contribution in [-0.4, -0.2) is 16.5 Å². The second-order valence-electron chi connectivity index (χ2n) is 5.25. The van der Waals surface area contributed by atoms with Crippen molar-refractivity contribution >= 4 is 0 Å². The smallest absolute Gasteiger partial charge is 0.128 e. The zero-order chi connectivity index (χ0) is 11.7. The molecular weight excluding hydrogens is 210 g/mol. The van der Waals surface area contributed by atoms with Gasteiger partial charge in [0, 0.05) is 37.4 Å². The van der Waals surface area contributed by atoms with E-state index in [4.69, 9.17) is 9.97 Å². The van der Waals surface area contributed by atoms with Crippen LogP contribution in [0, 0.1) is 0 Å². The van der Waals surface area contributed by atoms with Crippen molar-refractivity contribution < 1.29 is 0 Å². The van der Waals surface area contributed by atoms with Crippen molar-refractivity contribution in [2.24, 2.45) is 0 Å². The van der Waals surface area contributed by atoms with E-state index in [0.29, 0.717) is 0 Å². The fourth-order valence-corrected chi connectivity index (χ4v) is 2.56. The third kappa shape index (κ3) is 2.34. The zero-order valence-corrected chi connectivity index (χ0v) is 10.6. The molecular formula is C14H21N3. The van der Waals surface area contributed by atoms with Crippen molar-refractivity contribution in [3.63, 3.8) is 0 Å². The largest absolute Gasteiger partial charge is 0.312 e. The van der Waals surface area contributed by atoms with Gasteiger partial charge in [0.1, 0.15) is 5.82 Å². The van der Waals surface area contributed by atoms with Crippen LogP contribution in [0.3, 0.4) is 0 Å². The third-order valence-corrected chi connectivity index (χ3v) is 3.73. The number of nitrogens with one attached hydrogen (secondary N) is 1. The molecule has 3 heteroatoms. The van der Waals surface area contributed by atoms with Crippen LogP contribution in [0.2, 0.25) is 0 Å². The summed E-state index contributed by atoms with van der Waals surface area (Å²) in [5, 5.41) is 3.45. The van der Waals surface area contributed by atoms with E-state index < -0.39 is 0 Å². The fourth-order valence-electron chi connectivity index (χ4n) is 2.56.